The molecule has 8 nitrogen and oxygen atoms in total. The molecule has 0 unspecified atom stereocenters. The number of nitrogens with zero attached hydrogens (tertiary/aromatic N) is 1. The number of carbonyl (C=O) groups is 2. The van der Waals surface area contributed by atoms with E-state index in [1.807, 2.05) is 0 Å². The summed E-state index contributed by atoms with van der Waals surface area (Å²) in [6.07, 6.45) is 4.44. The summed E-state index contributed by atoms with van der Waals surface area (Å²) < 4.78 is 33.4. The molecule has 1 fully saturated rings. The number of aromatic carboxylic acids is 1. The Balaban J connectivity index is 2.12. The van der Waals surface area contributed by atoms with Crippen LogP contribution in [0.25, 0.3) is 0 Å². The van der Waals surface area contributed by atoms with Crippen LogP contribution in [0.3, 0.4) is 0 Å². The quantitative estimate of drug-likeness (QED) is 0.597. The number of benzene rings is 1. The highest BCUT2D eigenvalue weighted by atomic mass is 32.2. The van der Waals surface area contributed by atoms with Gasteiger partial charge in [-0.3, -0.25) is 0 Å². The van der Waals surface area contributed by atoms with Crippen molar-refractivity contribution in [2.45, 2.75) is 75.8 Å². The Bertz CT molecular complexity index is 841. The van der Waals surface area contributed by atoms with Crippen molar-refractivity contribution in [2.75, 3.05) is 13.1 Å². The van der Waals surface area contributed by atoms with Gasteiger partial charge in [0.05, 0.1) is 10.5 Å². The van der Waals surface area contributed by atoms with Crippen molar-refractivity contribution >= 4 is 22.1 Å². The first-order valence-electron chi connectivity index (χ1n) is 10.3. The Hall–Kier alpha value is -2.13. The third kappa shape index (κ3) is 6.98. The number of amides is 1. The summed E-state index contributed by atoms with van der Waals surface area (Å²) in [6, 6.07) is 5.32. The largest absolute Gasteiger partial charge is 0.478 e. The van der Waals surface area contributed by atoms with Gasteiger partial charge in [0.15, 0.2) is 0 Å². The van der Waals surface area contributed by atoms with Gasteiger partial charge in [-0.15, -0.1) is 0 Å². The monoisotopic (exact) mass is 440 g/mol. The van der Waals surface area contributed by atoms with Crippen LogP contribution in [-0.4, -0.2) is 54.6 Å². The second kappa shape index (κ2) is 10.3. The highest BCUT2D eigenvalue weighted by molar-refractivity contribution is 7.89. The van der Waals surface area contributed by atoms with Crippen LogP contribution in [0.2, 0.25) is 0 Å². The molecule has 0 aromatic heterocycles. The zero-order valence-electron chi connectivity index (χ0n) is 17.9. The van der Waals surface area contributed by atoms with Gasteiger partial charge >= 0.3 is 12.1 Å². The molecule has 0 spiro atoms. The number of alkyl carbamates (subject to hydrolysis) is 1. The predicted molar refractivity (Wildman–Crippen MR) is 113 cm³/mol. The van der Waals surface area contributed by atoms with Gasteiger partial charge in [0.25, 0.3) is 0 Å². The summed E-state index contributed by atoms with van der Waals surface area (Å²) in [5, 5.41) is 11.9. The minimum atomic E-state index is -3.86. The number of carboxylic acids is 1. The molecule has 2 N–H and O–H groups in total. The Morgan fingerprint density at radius 3 is 2.47 bits per heavy atom. The standard InChI is InChI=1S/C21H32N2O6S/c1-21(2,3)29-20(26)22-13-8-14-23(17-10-5-4-6-11-17)30(27,28)18-12-7-9-16(15-18)19(24)25/h7,9,12,15,17H,4-6,8,10-11,13-14H2,1-3H3,(H,22,26)(H,24,25). The highest BCUT2D eigenvalue weighted by Crippen LogP contribution is 2.28. The van der Waals surface area contributed by atoms with E-state index in [1.54, 1.807) is 20.8 Å². The average molecular weight is 441 g/mol. The summed E-state index contributed by atoms with van der Waals surface area (Å²) in [6.45, 7) is 5.84. The molecular weight excluding hydrogens is 408 g/mol. The lowest BCUT2D eigenvalue weighted by atomic mass is 9.95. The van der Waals surface area contributed by atoms with Gasteiger partial charge in [0.1, 0.15) is 5.60 Å². The number of ether oxygens (including phenoxy) is 1. The van der Waals surface area contributed by atoms with Crippen molar-refractivity contribution < 1.29 is 27.9 Å². The molecule has 0 bridgehead atoms. The first kappa shape index (κ1) is 24.1. The van der Waals surface area contributed by atoms with E-state index in [-0.39, 0.29) is 29.6 Å². The van der Waals surface area contributed by atoms with E-state index in [1.165, 1.54) is 28.6 Å². The maximum absolute atomic E-state index is 13.3. The summed E-state index contributed by atoms with van der Waals surface area (Å²) in [7, 11) is -3.86. The minimum absolute atomic E-state index is 0.0203. The van der Waals surface area contributed by atoms with Crippen molar-refractivity contribution in [1.29, 1.82) is 0 Å². The van der Waals surface area contributed by atoms with Crippen molar-refractivity contribution in [3.8, 4) is 0 Å². The van der Waals surface area contributed by atoms with E-state index in [2.05, 4.69) is 5.32 Å². The Kier molecular flexibility index (Phi) is 8.25. The highest BCUT2D eigenvalue weighted by Gasteiger charge is 2.32. The maximum Gasteiger partial charge on any atom is 0.407 e. The summed E-state index contributed by atoms with van der Waals surface area (Å²) in [4.78, 5) is 23.0. The normalized spacial score (nSPS) is 15.7. The fourth-order valence-electron chi connectivity index (χ4n) is 3.53. The smallest absolute Gasteiger partial charge is 0.407 e. The van der Waals surface area contributed by atoms with E-state index in [0.717, 1.165) is 32.1 Å². The first-order chi connectivity index (χ1) is 14.0. The fraction of sp³-hybridized carbons (Fsp3) is 0.619. The lowest BCUT2D eigenvalue weighted by Crippen LogP contribution is -2.43. The van der Waals surface area contributed by atoms with Crippen LogP contribution < -0.4 is 5.32 Å². The van der Waals surface area contributed by atoms with Crippen molar-refractivity contribution in [1.82, 2.24) is 9.62 Å². The minimum Gasteiger partial charge on any atom is -0.478 e. The summed E-state index contributed by atoms with van der Waals surface area (Å²) >= 11 is 0. The zero-order valence-corrected chi connectivity index (χ0v) is 18.7. The molecule has 2 rings (SSSR count). The molecule has 0 heterocycles. The van der Waals surface area contributed by atoms with Crippen LogP contribution in [0.1, 0.15) is 69.7 Å². The maximum atomic E-state index is 13.3. The number of carbonyl (C=O) groups excluding carboxylic acids is 1. The molecule has 1 aliphatic rings. The number of rotatable bonds is 8. The lowest BCUT2D eigenvalue weighted by molar-refractivity contribution is 0.0525. The van der Waals surface area contributed by atoms with E-state index >= 15 is 0 Å². The molecule has 168 valence electrons. The number of sulfonamides is 1. The third-order valence-electron chi connectivity index (χ3n) is 4.89. The molecule has 1 amide bonds. The van der Waals surface area contributed by atoms with Crippen LogP contribution >= 0.6 is 0 Å². The van der Waals surface area contributed by atoms with Gasteiger partial charge in [-0.1, -0.05) is 25.3 Å². The third-order valence-corrected chi connectivity index (χ3v) is 6.84. The molecule has 9 heteroatoms. The summed E-state index contributed by atoms with van der Waals surface area (Å²) in [5.41, 5.74) is -0.664. The van der Waals surface area contributed by atoms with Gasteiger partial charge in [0.2, 0.25) is 10.0 Å². The van der Waals surface area contributed by atoms with Crippen LogP contribution in [-0.2, 0) is 14.8 Å². The van der Waals surface area contributed by atoms with Crippen LogP contribution in [0, 0.1) is 0 Å². The predicted octanol–water partition coefficient (Wildman–Crippen LogP) is 3.62. The topological polar surface area (TPSA) is 113 Å². The van der Waals surface area contributed by atoms with E-state index in [9.17, 15) is 23.1 Å². The number of carboxylic acid groups (broad SMARTS) is 1. The van der Waals surface area contributed by atoms with Crippen LogP contribution in [0.15, 0.2) is 29.2 Å². The average Bonchev–Trinajstić information content (AvgIpc) is 2.67. The number of nitrogens with one attached hydrogen (secondary N) is 1. The van der Waals surface area contributed by atoms with Crippen LogP contribution in [0.4, 0.5) is 4.79 Å². The molecule has 1 saturated carbocycles. The molecule has 30 heavy (non-hydrogen) atoms. The van der Waals surface area contributed by atoms with Gasteiger partial charge < -0.3 is 15.2 Å². The number of hydrogen-bond donors (Lipinski definition) is 2. The molecule has 1 aromatic rings. The molecular formula is C21H32N2O6S. The summed E-state index contributed by atoms with van der Waals surface area (Å²) in [5.74, 6) is -1.17. The van der Waals surface area contributed by atoms with Gasteiger partial charge in [-0.2, -0.15) is 4.31 Å². The zero-order chi connectivity index (χ0) is 22.4. The Labute approximate surface area is 178 Å². The molecule has 1 aliphatic carbocycles. The molecule has 0 atom stereocenters. The van der Waals surface area contributed by atoms with E-state index < -0.39 is 27.7 Å². The van der Waals surface area contributed by atoms with Crippen LogP contribution in [0.5, 0.6) is 0 Å². The van der Waals surface area contributed by atoms with Gasteiger partial charge in [-0.05, 0) is 58.2 Å². The molecule has 1 aromatic carbocycles. The first-order valence-corrected chi connectivity index (χ1v) is 11.8. The second-order valence-electron chi connectivity index (χ2n) is 8.52. The van der Waals surface area contributed by atoms with E-state index in [0.29, 0.717) is 6.42 Å². The van der Waals surface area contributed by atoms with Crippen molar-refractivity contribution in [2.24, 2.45) is 0 Å². The lowest BCUT2D eigenvalue weighted by Gasteiger charge is -2.33. The Morgan fingerprint density at radius 2 is 1.87 bits per heavy atom. The SMILES string of the molecule is CC(C)(C)OC(=O)NCCCN(C1CCCCC1)S(=O)(=O)c1cccc(C(=O)O)c1. The Morgan fingerprint density at radius 1 is 1.20 bits per heavy atom. The molecule has 0 saturated heterocycles. The van der Waals surface area contributed by atoms with Gasteiger partial charge in [-0.25, -0.2) is 18.0 Å². The van der Waals surface area contributed by atoms with Crippen molar-refractivity contribution in [3.05, 3.63) is 29.8 Å². The molecule has 0 aliphatic heterocycles. The van der Waals surface area contributed by atoms with E-state index in [4.69, 9.17) is 4.74 Å². The second-order valence-corrected chi connectivity index (χ2v) is 10.4. The van der Waals surface area contributed by atoms with Crippen molar-refractivity contribution in [3.63, 3.8) is 0 Å². The number of hydrogen-bond acceptors (Lipinski definition) is 5. The van der Waals surface area contributed by atoms with Gasteiger partial charge in [0, 0.05) is 19.1 Å². The fourth-order valence-corrected chi connectivity index (χ4v) is 5.30. The molecule has 0 radical (unpaired) electrons.